The lowest BCUT2D eigenvalue weighted by Gasteiger charge is -2.15. The highest BCUT2D eigenvalue weighted by Gasteiger charge is 2.48. The van der Waals surface area contributed by atoms with Gasteiger partial charge in [-0.2, -0.15) is 5.10 Å². The van der Waals surface area contributed by atoms with E-state index in [-0.39, 0.29) is 11.2 Å². The summed E-state index contributed by atoms with van der Waals surface area (Å²) in [5.41, 5.74) is 10.7. The lowest BCUT2D eigenvalue weighted by Crippen LogP contribution is -2.11. The third-order valence-corrected chi connectivity index (χ3v) is 5.08. The first-order valence-corrected chi connectivity index (χ1v) is 8.23. The van der Waals surface area contributed by atoms with Gasteiger partial charge in [0, 0.05) is 22.2 Å². The number of aromatic amines is 1. The average molecular weight is 335 g/mol. The van der Waals surface area contributed by atoms with Crippen LogP contribution in [0.4, 0.5) is 4.39 Å². The molecule has 2 aromatic carbocycles. The largest absolute Gasteiger partial charge is 0.366 e. The van der Waals surface area contributed by atoms with Crippen LogP contribution in [0.1, 0.15) is 40.0 Å². The fourth-order valence-corrected chi connectivity index (χ4v) is 3.51. The van der Waals surface area contributed by atoms with Crippen LogP contribution in [-0.2, 0) is 5.41 Å². The smallest absolute Gasteiger partial charge is 0.248 e. The van der Waals surface area contributed by atoms with E-state index in [0.717, 1.165) is 40.9 Å². The maximum Gasteiger partial charge on any atom is 0.248 e. The van der Waals surface area contributed by atoms with E-state index in [2.05, 4.69) is 10.2 Å². The summed E-state index contributed by atoms with van der Waals surface area (Å²) in [4.78, 5) is 11.2. The van der Waals surface area contributed by atoms with Crippen molar-refractivity contribution in [2.75, 3.05) is 0 Å². The zero-order chi connectivity index (χ0) is 17.6. The zero-order valence-electron chi connectivity index (χ0n) is 13.8. The topological polar surface area (TPSA) is 71.8 Å². The van der Waals surface area contributed by atoms with E-state index < -0.39 is 5.91 Å². The molecule has 0 radical (unpaired) electrons. The normalized spacial score (nSPS) is 15.1. The van der Waals surface area contributed by atoms with Crippen molar-refractivity contribution in [2.45, 2.75) is 25.2 Å². The molecule has 4 rings (SSSR count). The Labute approximate surface area is 144 Å². The van der Waals surface area contributed by atoms with Crippen molar-refractivity contribution in [1.29, 1.82) is 0 Å². The second-order valence-electron chi connectivity index (χ2n) is 6.60. The molecule has 0 spiro atoms. The van der Waals surface area contributed by atoms with Gasteiger partial charge in [-0.15, -0.1) is 0 Å². The molecule has 1 fully saturated rings. The molecule has 4 nitrogen and oxygen atoms in total. The molecule has 1 saturated carbocycles. The van der Waals surface area contributed by atoms with Crippen molar-refractivity contribution in [3.8, 4) is 11.3 Å². The number of carbonyl (C=O) groups is 1. The highest BCUT2D eigenvalue weighted by Crippen LogP contribution is 2.54. The van der Waals surface area contributed by atoms with E-state index >= 15 is 0 Å². The van der Waals surface area contributed by atoms with Crippen LogP contribution in [0.3, 0.4) is 0 Å². The highest BCUT2D eigenvalue weighted by molar-refractivity contribution is 5.93. The van der Waals surface area contributed by atoms with Gasteiger partial charge in [0.05, 0.1) is 5.69 Å². The fraction of sp³-hybridized carbons (Fsp3) is 0.200. The summed E-state index contributed by atoms with van der Waals surface area (Å²) in [7, 11) is 0. The molecule has 1 amide bonds. The minimum Gasteiger partial charge on any atom is -0.366 e. The number of nitrogens with zero attached hydrogens (tertiary/aromatic N) is 1. The summed E-state index contributed by atoms with van der Waals surface area (Å²) in [5, 5.41) is 7.68. The van der Waals surface area contributed by atoms with Crippen LogP contribution in [0.15, 0.2) is 48.5 Å². The van der Waals surface area contributed by atoms with Crippen LogP contribution < -0.4 is 5.73 Å². The average Bonchev–Trinajstić information content (AvgIpc) is 3.32. The van der Waals surface area contributed by atoms with Gasteiger partial charge in [0.25, 0.3) is 0 Å². The Bertz CT molecular complexity index is 938. The van der Waals surface area contributed by atoms with Gasteiger partial charge >= 0.3 is 0 Å². The minimum atomic E-state index is -0.445. The molecule has 0 saturated heterocycles. The van der Waals surface area contributed by atoms with Crippen LogP contribution in [0.25, 0.3) is 11.3 Å². The van der Waals surface area contributed by atoms with E-state index in [0.29, 0.717) is 5.56 Å². The van der Waals surface area contributed by atoms with Gasteiger partial charge in [-0.25, -0.2) is 4.39 Å². The third kappa shape index (κ3) is 2.52. The van der Waals surface area contributed by atoms with Gasteiger partial charge in [0.15, 0.2) is 0 Å². The number of carbonyl (C=O) groups excluding carboxylic acids is 1. The van der Waals surface area contributed by atoms with Crippen molar-refractivity contribution in [3.63, 3.8) is 0 Å². The number of hydrogen-bond donors (Lipinski definition) is 2. The molecule has 1 aliphatic carbocycles. The third-order valence-electron chi connectivity index (χ3n) is 5.08. The van der Waals surface area contributed by atoms with Crippen molar-refractivity contribution in [3.05, 3.63) is 76.7 Å². The maximum atomic E-state index is 13.2. The van der Waals surface area contributed by atoms with E-state index in [1.54, 1.807) is 12.1 Å². The second-order valence-corrected chi connectivity index (χ2v) is 6.60. The molecule has 0 unspecified atom stereocenters. The molecular weight excluding hydrogens is 317 g/mol. The molecule has 0 atom stereocenters. The monoisotopic (exact) mass is 335 g/mol. The van der Waals surface area contributed by atoms with Crippen LogP contribution in [-0.4, -0.2) is 16.1 Å². The van der Waals surface area contributed by atoms with Gasteiger partial charge in [-0.05, 0) is 55.2 Å². The Morgan fingerprint density at radius 1 is 1.12 bits per heavy atom. The van der Waals surface area contributed by atoms with Crippen LogP contribution in [0.5, 0.6) is 0 Å². The number of nitrogens with two attached hydrogens (primary N) is 1. The molecular formula is C20H18FN3O. The molecule has 0 aliphatic heterocycles. The quantitative estimate of drug-likeness (QED) is 0.763. The first kappa shape index (κ1) is 15.6. The lowest BCUT2D eigenvalue weighted by atomic mass is 9.89. The number of hydrogen-bond acceptors (Lipinski definition) is 2. The number of aromatic nitrogens is 2. The Morgan fingerprint density at radius 3 is 2.32 bits per heavy atom. The van der Waals surface area contributed by atoms with Gasteiger partial charge in [0.2, 0.25) is 5.91 Å². The molecule has 5 heteroatoms. The molecule has 3 N–H and O–H groups in total. The zero-order valence-corrected chi connectivity index (χ0v) is 13.8. The Kier molecular flexibility index (Phi) is 3.46. The van der Waals surface area contributed by atoms with E-state index in [1.807, 2.05) is 31.2 Å². The van der Waals surface area contributed by atoms with Gasteiger partial charge in [-0.1, -0.05) is 24.3 Å². The summed E-state index contributed by atoms with van der Waals surface area (Å²) in [5.74, 6) is -0.671. The van der Waals surface area contributed by atoms with E-state index in [9.17, 15) is 9.18 Å². The Hall–Kier alpha value is -2.95. The molecule has 126 valence electrons. The SMILES string of the molecule is Cc1c(-c2ccc(C(N)=O)cc2)n[nH]c1C1(c2ccc(F)cc2)CC1. The predicted molar refractivity (Wildman–Crippen MR) is 93.7 cm³/mol. The van der Waals surface area contributed by atoms with Gasteiger partial charge in [-0.3, -0.25) is 9.89 Å². The summed E-state index contributed by atoms with van der Waals surface area (Å²) < 4.78 is 13.2. The van der Waals surface area contributed by atoms with Crippen molar-refractivity contribution in [2.24, 2.45) is 5.73 Å². The number of amides is 1. The summed E-state index contributed by atoms with van der Waals surface area (Å²) >= 11 is 0. The first-order valence-electron chi connectivity index (χ1n) is 8.23. The Balaban J connectivity index is 1.72. The Morgan fingerprint density at radius 2 is 1.76 bits per heavy atom. The highest BCUT2D eigenvalue weighted by atomic mass is 19.1. The first-order chi connectivity index (χ1) is 12.0. The second kappa shape index (κ2) is 5.55. The number of nitrogens with one attached hydrogen (secondary N) is 1. The molecule has 1 aromatic heterocycles. The lowest BCUT2D eigenvalue weighted by molar-refractivity contribution is 0.100. The van der Waals surface area contributed by atoms with Gasteiger partial charge in [0.1, 0.15) is 5.82 Å². The number of halogens is 1. The molecule has 1 heterocycles. The van der Waals surface area contributed by atoms with Crippen molar-refractivity contribution < 1.29 is 9.18 Å². The van der Waals surface area contributed by atoms with Crippen LogP contribution in [0, 0.1) is 12.7 Å². The maximum absolute atomic E-state index is 13.2. The van der Waals surface area contributed by atoms with Crippen LogP contribution >= 0.6 is 0 Å². The summed E-state index contributed by atoms with van der Waals surface area (Å²) in [6, 6.07) is 13.8. The molecule has 25 heavy (non-hydrogen) atoms. The van der Waals surface area contributed by atoms with E-state index in [1.165, 1.54) is 12.1 Å². The predicted octanol–water partition coefficient (Wildman–Crippen LogP) is 3.70. The summed E-state index contributed by atoms with van der Waals surface area (Å²) in [6.07, 6.45) is 2.03. The number of H-pyrrole nitrogens is 1. The number of primary amides is 1. The van der Waals surface area contributed by atoms with Crippen molar-refractivity contribution >= 4 is 5.91 Å². The number of benzene rings is 2. The van der Waals surface area contributed by atoms with Crippen molar-refractivity contribution in [1.82, 2.24) is 10.2 Å². The van der Waals surface area contributed by atoms with Crippen LogP contribution in [0.2, 0.25) is 0 Å². The summed E-state index contributed by atoms with van der Waals surface area (Å²) in [6.45, 7) is 2.04. The minimum absolute atomic E-state index is 0.101. The molecule has 3 aromatic rings. The standard InChI is InChI=1S/C20H18FN3O/c1-12-17(13-2-4-14(5-3-13)19(22)25)23-24-18(12)20(10-11-20)15-6-8-16(21)9-7-15/h2-9H,10-11H2,1H3,(H2,22,25)(H,23,24). The molecule has 0 bridgehead atoms. The fourth-order valence-electron chi connectivity index (χ4n) is 3.51. The number of rotatable bonds is 4. The van der Waals surface area contributed by atoms with E-state index in [4.69, 9.17) is 5.73 Å². The van der Waals surface area contributed by atoms with Gasteiger partial charge < -0.3 is 5.73 Å². The molecule has 1 aliphatic rings.